The van der Waals surface area contributed by atoms with Crippen molar-refractivity contribution in [2.75, 3.05) is 26.7 Å². The van der Waals surface area contributed by atoms with E-state index in [9.17, 15) is 4.39 Å². The van der Waals surface area contributed by atoms with E-state index in [0.29, 0.717) is 0 Å². The Morgan fingerprint density at radius 1 is 1.35 bits per heavy atom. The second kappa shape index (κ2) is 5.43. The molecule has 108 valence electrons. The van der Waals surface area contributed by atoms with Gasteiger partial charge in [-0.2, -0.15) is 0 Å². The molecule has 1 aliphatic heterocycles. The van der Waals surface area contributed by atoms with Crippen LogP contribution >= 0.6 is 0 Å². The number of nitrogens with zero attached hydrogens (tertiary/aromatic N) is 2. The third-order valence-corrected chi connectivity index (χ3v) is 4.49. The van der Waals surface area contributed by atoms with Gasteiger partial charge in [0.05, 0.1) is 0 Å². The first-order valence-corrected chi connectivity index (χ1v) is 7.45. The maximum atomic E-state index is 13.4. The second-order valence-electron chi connectivity index (χ2n) is 5.89. The lowest BCUT2D eigenvalue weighted by atomic mass is 9.96. The lowest BCUT2D eigenvalue weighted by Gasteiger charge is -2.24. The number of likely N-dealkylation sites (tertiary alicyclic amines) is 1. The molecule has 1 aromatic rings. The van der Waals surface area contributed by atoms with E-state index in [1.165, 1.54) is 18.9 Å². The average Bonchev–Trinajstić information content (AvgIpc) is 3.05. The zero-order valence-corrected chi connectivity index (χ0v) is 12.0. The van der Waals surface area contributed by atoms with Gasteiger partial charge in [-0.15, -0.1) is 0 Å². The number of guanidine groups is 1. The van der Waals surface area contributed by atoms with E-state index in [-0.39, 0.29) is 11.2 Å². The van der Waals surface area contributed by atoms with Crippen molar-refractivity contribution in [2.24, 2.45) is 4.99 Å². The van der Waals surface area contributed by atoms with Crippen LogP contribution < -0.4 is 5.32 Å². The van der Waals surface area contributed by atoms with Gasteiger partial charge in [0.1, 0.15) is 5.82 Å². The number of aliphatic imine (C=N–C) groups is 1. The van der Waals surface area contributed by atoms with E-state index in [2.05, 4.69) is 15.2 Å². The van der Waals surface area contributed by atoms with E-state index in [0.717, 1.165) is 44.0 Å². The van der Waals surface area contributed by atoms with Crippen LogP contribution in [0.2, 0.25) is 0 Å². The van der Waals surface area contributed by atoms with Gasteiger partial charge < -0.3 is 10.2 Å². The summed E-state index contributed by atoms with van der Waals surface area (Å²) in [6.07, 6.45) is 4.74. The van der Waals surface area contributed by atoms with Crippen LogP contribution in [0.4, 0.5) is 4.39 Å². The summed E-state index contributed by atoms with van der Waals surface area (Å²) in [6.45, 7) is 3.03. The zero-order valence-electron chi connectivity index (χ0n) is 12.0. The van der Waals surface area contributed by atoms with Crippen molar-refractivity contribution in [3.8, 4) is 0 Å². The average molecular weight is 275 g/mol. The first kappa shape index (κ1) is 13.4. The molecule has 0 atom stereocenters. The number of halogens is 1. The van der Waals surface area contributed by atoms with Crippen molar-refractivity contribution in [2.45, 2.75) is 31.1 Å². The fourth-order valence-corrected chi connectivity index (χ4v) is 3.05. The standard InChI is InChI=1S/C16H22FN3/c1-18-15(20-9-2-3-10-20)19-12-16(7-8-16)13-5-4-6-14(17)11-13/h4-6,11H,2-3,7-10,12H2,1H3,(H,18,19). The summed E-state index contributed by atoms with van der Waals surface area (Å²) >= 11 is 0. The van der Waals surface area contributed by atoms with E-state index < -0.39 is 0 Å². The predicted octanol–water partition coefficient (Wildman–Crippen LogP) is 2.53. The summed E-state index contributed by atoms with van der Waals surface area (Å²) in [5.74, 6) is 0.850. The van der Waals surface area contributed by atoms with Crippen molar-refractivity contribution in [1.29, 1.82) is 0 Å². The van der Waals surface area contributed by atoms with Gasteiger partial charge in [-0.05, 0) is 43.4 Å². The molecule has 3 nitrogen and oxygen atoms in total. The molecule has 4 heteroatoms. The Balaban J connectivity index is 1.65. The van der Waals surface area contributed by atoms with Crippen LogP contribution in [0.3, 0.4) is 0 Å². The first-order valence-electron chi connectivity index (χ1n) is 7.45. The van der Waals surface area contributed by atoms with Crippen molar-refractivity contribution in [3.05, 3.63) is 35.6 Å². The van der Waals surface area contributed by atoms with Crippen LogP contribution in [0.25, 0.3) is 0 Å². The largest absolute Gasteiger partial charge is 0.355 e. The molecule has 2 aliphatic rings. The van der Waals surface area contributed by atoms with Gasteiger partial charge in [-0.3, -0.25) is 4.99 Å². The summed E-state index contributed by atoms with van der Waals surface area (Å²) < 4.78 is 13.4. The fourth-order valence-electron chi connectivity index (χ4n) is 3.05. The van der Waals surface area contributed by atoms with Crippen LogP contribution in [0.1, 0.15) is 31.2 Å². The Hall–Kier alpha value is -1.58. The zero-order chi connectivity index (χ0) is 14.0. The lowest BCUT2D eigenvalue weighted by molar-refractivity contribution is 0.485. The molecule has 1 heterocycles. The monoisotopic (exact) mass is 275 g/mol. The van der Waals surface area contributed by atoms with E-state index in [1.807, 2.05) is 13.1 Å². The highest BCUT2D eigenvalue weighted by molar-refractivity contribution is 5.80. The highest BCUT2D eigenvalue weighted by Crippen LogP contribution is 2.47. The number of rotatable bonds is 3. The molecule has 20 heavy (non-hydrogen) atoms. The van der Waals surface area contributed by atoms with Crippen molar-refractivity contribution >= 4 is 5.96 Å². The van der Waals surface area contributed by atoms with Gasteiger partial charge in [-0.1, -0.05) is 12.1 Å². The molecule has 1 aliphatic carbocycles. The molecule has 1 aromatic carbocycles. The number of hydrogen-bond donors (Lipinski definition) is 1. The third kappa shape index (κ3) is 2.65. The summed E-state index contributed by atoms with van der Waals surface area (Å²) in [4.78, 5) is 6.68. The van der Waals surface area contributed by atoms with Crippen molar-refractivity contribution < 1.29 is 4.39 Å². The van der Waals surface area contributed by atoms with Crippen LogP contribution in [0.15, 0.2) is 29.3 Å². The summed E-state index contributed by atoms with van der Waals surface area (Å²) in [7, 11) is 1.84. The van der Waals surface area contributed by atoms with Gasteiger partial charge >= 0.3 is 0 Å². The smallest absolute Gasteiger partial charge is 0.193 e. The van der Waals surface area contributed by atoms with Gasteiger partial charge in [0, 0.05) is 32.1 Å². The molecular formula is C16H22FN3. The minimum atomic E-state index is -0.141. The van der Waals surface area contributed by atoms with Crippen molar-refractivity contribution in [3.63, 3.8) is 0 Å². The van der Waals surface area contributed by atoms with Gasteiger partial charge in [-0.25, -0.2) is 4.39 Å². The summed E-state index contributed by atoms with van der Waals surface area (Å²) in [5.41, 5.74) is 1.22. The van der Waals surface area contributed by atoms with E-state index >= 15 is 0 Å². The maximum Gasteiger partial charge on any atom is 0.193 e. The number of benzene rings is 1. The van der Waals surface area contributed by atoms with Gasteiger partial charge in [0.2, 0.25) is 0 Å². The quantitative estimate of drug-likeness (QED) is 0.678. The molecule has 1 saturated heterocycles. The van der Waals surface area contributed by atoms with Crippen LogP contribution in [-0.2, 0) is 5.41 Å². The van der Waals surface area contributed by atoms with Gasteiger partial charge in [0.25, 0.3) is 0 Å². The van der Waals surface area contributed by atoms with Gasteiger partial charge in [0.15, 0.2) is 5.96 Å². The molecule has 0 amide bonds. The molecule has 0 unspecified atom stereocenters. The number of hydrogen-bond acceptors (Lipinski definition) is 1. The highest BCUT2D eigenvalue weighted by Gasteiger charge is 2.44. The Labute approximate surface area is 119 Å². The second-order valence-corrected chi connectivity index (χ2v) is 5.89. The molecule has 1 saturated carbocycles. The summed E-state index contributed by atoms with van der Waals surface area (Å²) in [6, 6.07) is 7.03. The van der Waals surface area contributed by atoms with Crippen LogP contribution in [0, 0.1) is 5.82 Å². The minimum Gasteiger partial charge on any atom is -0.355 e. The molecule has 2 fully saturated rings. The molecule has 3 rings (SSSR count). The molecule has 1 N–H and O–H groups in total. The first-order chi connectivity index (χ1) is 9.73. The SMILES string of the molecule is CN=C(NCC1(c2cccc(F)c2)CC1)N1CCCC1. The van der Waals surface area contributed by atoms with Crippen LogP contribution in [0.5, 0.6) is 0 Å². The Kier molecular flexibility index (Phi) is 3.64. The van der Waals surface area contributed by atoms with Crippen LogP contribution in [-0.4, -0.2) is 37.5 Å². The molecule has 0 radical (unpaired) electrons. The minimum absolute atomic E-state index is 0.109. The van der Waals surface area contributed by atoms with Crippen molar-refractivity contribution in [1.82, 2.24) is 10.2 Å². The van der Waals surface area contributed by atoms with E-state index in [1.54, 1.807) is 12.1 Å². The summed E-state index contributed by atoms with van der Waals surface area (Å²) in [5, 5.41) is 3.49. The molecule has 0 bridgehead atoms. The Bertz CT molecular complexity index is 502. The number of nitrogens with one attached hydrogen (secondary N) is 1. The fraction of sp³-hybridized carbons (Fsp3) is 0.562. The van der Waals surface area contributed by atoms with E-state index in [4.69, 9.17) is 0 Å². The maximum absolute atomic E-state index is 13.4. The molecule has 0 aromatic heterocycles. The topological polar surface area (TPSA) is 27.6 Å². The highest BCUT2D eigenvalue weighted by atomic mass is 19.1. The Morgan fingerprint density at radius 3 is 2.70 bits per heavy atom. The lowest BCUT2D eigenvalue weighted by Crippen LogP contribution is -2.42. The molecular weight excluding hydrogens is 253 g/mol. The normalized spacial score (nSPS) is 21.1. The molecule has 0 spiro atoms. The Morgan fingerprint density at radius 2 is 2.10 bits per heavy atom. The third-order valence-electron chi connectivity index (χ3n) is 4.49. The predicted molar refractivity (Wildman–Crippen MR) is 79.5 cm³/mol.